The van der Waals surface area contributed by atoms with Gasteiger partial charge in [-0.25, -0.2) is 0 Å². The van der Waals surface area contributed by atoms with Gasteiger partial charge in [-0.3, -0.25) is 0 Å². The Morgan fingerprint density at radius 2 is 2.06 bits per heavy atom. The molecule has 0 heterocycles. The van der Waals surface area contributed by atoms with Crippen LogP contribution >= 0.6 is 11.6 Å². The van der Waals surface area contributed by atoms with Crippen LogP contribution in [-0.2, 0) is 6.54 Å². The van der Waals surface area contributed by atoms with Crippen molar-refractivity contribution < 1.29 is 0 Å². The van der Waals surface area contributed by atoms with Gasteiger partial charge in [-0.1, -0.05) is 29.8 Å². The predicted octanol–water partition coefficient (Wildman–Crippen LogP) is 2.55. The van der Waals surface area contributed by atoms with Crippen molar-refractivity contribution in [3.05, 3.63) is 47.5 Å². The summed E-state index contributed by atoms with van der Waals surface area (Å²) in [5, 5.41) is 4.07. The van der Waals surface area contributed by atoms with E-state index in [0.29, 0.717) is 0 Å². The molecule has 0 aliphatic rings. The quantitative estimate of drug-likeness (QED) is 0.580. The van der Waals surface area contributed by atoms with E-state index in [1.54, 1.807) is 0 Å². The first-order valence-corrected chi connectivity index (χ1v) is 5.85. The van der Waals surface area contributed by atoms with Crippen LogP contribution in [0.1, 0.15) is 5.56 Å². The average Bonchev–Trinajstić information content (AvgIpc) is 2.28. The summed E-state index contributed by atoms with van der Waals surface area (Å²) in [6.07, 6.45) is 1.87. The van der Waals surface area contributed by atoms with Gasteiger partial charge in [0.05, 0.1) is 0 Å². The molecule has 88 valence electrons. The Kier molecular flexibility index (Phi) is 6.16. The van der Waals surface area contributed by atoms with Crippen molar-refractivity contribution in [2.75, 3.05) is 26.7 Å². The lowest BCUT2D eigenvalue weighted by molar-refractivity contribution is 0.326. The van der Waals surface area contributed by atoms with E-state index < -0.39 is 0 Å². The largest absolute Gasteiger partial charge is 0.312 e. The van der Waals surface area contributed by atoms with Gasteiger partial charge in [0.25, 0.3) is 0 Å². The fourth-order valence-electron chi connectivity index (χ4n) is 1.45. The van der Waals surface area contributed by atoms with Crippen LogP contribution in [0.25, 0.3) is 0 Å². The Bertz CT molecular complexity index is 308. The van der Waals surface area contributed by atoms with Gasteiger partial charge in [0.1, 0.15) is 0 Å². The Labute approximate surface area is 103 Å². The van der Waals surface area contributed by atoms with E-state index in [9.17, 15) is 0 Å². The fraction of sp³-hybridized carbons (Fsp3) is 0.385. The molecule has 0 bridgehead atoms. The maximum Gasteiger partial charge on any atom is 0.0406 e. The smallest absolute Gasteiger partial charge is 0.0406 e. The molecule has 0 fully saturated rings. The molecule has 0 atom stereocenters. The van der Waals surface area contributed by atoms with Gasteiger partial charge in [0.15, 0.2) is 0 Å². The fourth-order valence-corrected chi connectivity index (χ4v) is 1.58. The highest BCUT2D eigenvalue weighted by Gasteiger charge is 1.99. The molecule has 1 N–H and O–H groups in total. The monoisotopic (exact) mass is 238 g/mol. The molecule has 1 rings (SSSR count). The number of hydrogen-bond donors (Lipinski definition) is 1. The number of halogens is 1. The molecule has 1 aromatic rings. The summed E-state index contributed by atoms with van der Waals surface area (Å²) in [4.78, 5) is 2.28. The zero-order valence-electron chi connectivity index (χ0n) is 9.75. The van der Waals surface area contributed by atoms with Crippen LogP contribution in [-0.4, -0.2) is 31.6 Å². The maximum atomic E-state index is 5.83. The minimum Gasteiger partial charge on any atom is -0.312 e. The van der Waals surface area contributed by atoms with Crippen molar-refractivity contribution >= 4 is 11.6 Å². The summed E-state index contributed by atoms with van der Waals surface area (Å²) in [6, 6.07) is 7.99. The van der Waals surface area contributed by atoms with E-state index >= 15 is 0 Å². The minimum absolute atomic E-state index is 0.791. The summed E-state index contributed by atoms with van der Waals surface area (Å²) < 4.78 is 0. The van der Waals surface area contributed by atoms with Gasteiger partial charge in [0, 0.05) is 31.2 Å². The second-order valence-electron chi connectivity index (χ2n) is 3.86. The lowest BCUT2D eigenvalue weighted by Crippen LogP contribution is -2.28. The molecular formula is C13H19ClN2. The Morgan fingerprint density at radius 1 is 1.38 bits per heavy atom. The van der Waals surface area contributed by atoms with E-state index in [1.165, 1.54) is 5.56 Å². The molecule has 0 saturated heterocycles. The molecule has 0 amide bonds. The van der Waals surface area contributed by atoms with Crippen molar-refractivity contribution in [2.45, 2.75) is 6.54 Å². The van der Waals surface area contributed by atoms with Crippen LogP contribution in [0.4, 0.5) is 0 Å². The summed E-state index contributed by atoms with van der Waals surface area (Å²) in [5.41, 5.74) is 1.29. The van der Waals surface area contributed by atoms with Gasteiger partial charge in [-0.2, -0.15) is 0 Å². The van der Waals surface area contributed by atoms with Crippen molar-refractivity contribution in [2.24, 2.45) is 0 Å². The highest BCUT2D eigenvalue weighted by molar-refractivity contribution is 6.30. The Balaban J connectivity index is 2.25. The molecule has 0 aliphatic carbocycles. The van der Waals surface area contributed by atoms with Crippen LogP contribution in [0.3, 0.4) is 0 Å². The first-order valence-electron chi connectivity index (χ1n) is 5.47. The zero-order chi connectivity index (χ0) is 11.8. The molecule has 0 radical (unpaired) electrons. The Morgan fingerprint density at radius 3 is 2.69 bits per heavy atom. The zero-order valence-corrected chi connectivity index (χ0v) is 10.5. The topological polar surface area (TPSA) is 15.3 Å². The molecule has 0 spiro atoms. The highest BCUT2D eigenvalue weighted by Crippen LogP contribution is 2.10. The number of hydrogen-bond acceptors (Lipinski definition) is 2. The summed E-state index contributed by atoms with van der Waals surface area (Å²) in [6.45, 7) is 7.49. The van der Waals surface area contributed by atoms with Crippen molar-refractivity contribution in [1.82, 2.24) is 10.2 Å². The van der Waals surface area contributed by atoms with Crippen LogP contribution in [0, 0.1) is 0 Å². The lowest BCUT2D eigenvalue weighted by Gasteiger charge is -2.16. The molecule has 0 aliphatic heterocycles. The summed E-state index contributed by atoms with van der Waals surface area (Å²) in [7, 11) is 2.12. The van der Waals surface area contributed by atoms with Gasteiger partial charge in [-0.15, -0.1) is 6.58 Å². The normalized spacial score (nSPS) is 10.7. The van der Waals surface area contributed by atoms with Crippen molar-refractivity contribution in [3.8, 4) is 0 Å². The third-order valence-corrected chi connectivity index (χ3v) is 2.58. The van der Waals surface area contributed by atoms with E-state index in [-0.39, 0.29) is 0 Å². The molecular weight excluding hydrogens is 220 g/mol. The number of likely N-dealkylation sites (N-methyl/N-ethyl adjacent to an activating group) is 1. The molecule has 0 aromatic heterocycles. The first-order chi connectivity index (χ1) is 7.72. The molecule has 3 heteroatoms. The number of nitrogens with one attached hydrogen (secondary N) is 1. The van der Waals surface area contributed by atoms with Gasteiger partial charge in [0.2, 0.25) is 0 Å². The van der Waals surface area contributed by atoms with E-state index in [0.717, 1.165) is 31.2 Å². The molecule has 16 heavy (non-hydrogen) atoms. The van der Waals surface area contributed by atoms with E-state index in [2.05, 4.69) is 36.0 Å². The SMILES string of the molecule is C=CCNCCN(C)Cc1ccc(Cl)cc1. The van der Waals surface area contributed by atoms with Crippen LogP contribution in [0.15, 0.2) is 36.9 Å². The minimum atomic E-state index is 0.791. The number of rotatable bonds is 7. The molecule has 0 unspecified atom stereocenters. The van der Waals surface area contributed by atoms with Crippen molar-refractivity contribution in [1.29, 1.82) is 0 Å². The first kappa shape index (κ1) is 13.2. The van der Waals surface area contributed by atoms with Crippen LogP contribution in [0.2, 0.25) is 5.02 Å². The average molecular weight is 239 g/mol. The standard InChI is InChI=1S/C13H19ClN2/c1-3-8-15-9-10-16(2)11-12-4-6-13(14)7-5-12/h3-7,15H,1,8-11H2,2H3. The third-order valence-electron chi connectivity index (χ3n) is 2.32. The molecule has 0 saturated carbocycles. The van der Waals surface area contributed by atoms with Crippen molar-refractivity contribution in [3.63, 3.8) is 0 Å². The highest BCUT2D eigenvalue weighted by atomic mass is 35.5. The second kappa shape index (κ2) is 7.44. The summed E-state index contributed by atoms with van der Waals surface area (Å²) in [5.74, 6) is 0. The van der Waals surface area contributed by atoms with E-state index in [4.69, 9.17) is 11.6 Å². The Hall–Kier alpha value is -0.830. The lowest BCUT2D eigenvalue weighted by atomic mass is 10.2. The summed E-state index contributed by atoms with van der Waals surface area (Å²) >= 11 is 5.83. The van der Waals surface area contributed by atoms with Crippen LogP contribution < -0.4 is 5.32 Å². The third kappa shape index (κ3) is 5.31. The van der Waals surface area contributed by atoms with Crippen LogP contribution in [0.5, 0.6) is 0 Å². The van der Waals surface area contributed by atoms with Gasteiger partial charge >= 0.3 is 0 Å². The maximum absolute atomic E-state index is 5.83. The second-order valence-corrected chi connectivity index (χ2v) is 4.29. The predicted molar refractivity (Wildman–Crippen MR) is 70.9 cm³/mol. The van der Waals surface area contributed by atoms with Gasteiger partial charge < -0.3 is 10.2 Å². The number of nitrogens with zero attached hydrogens (tertiary/aromatic N) is 1. The van der Waals surface area contributed by atoms with Gasteiger partial charge in [-0.05, 0) is 24.7 Å². The molecule has 1 aromatic carbocycles. The number of benzene rings is 1. The molecule has 2 nitrogen and oxygen atoms in total. The van der Waals surface area contributed by atoms with E-state index in [1.807, 2.05) is 18.2 Å².